The Labute approximate surface area is 185 Å². The molecule has 10 heteroatoms. The maximum atomic E-state index is 5.71. The van der Waals surface area contributed by atoms with Gasteiger partial charge in [-0.25, -0.2) is 9.97 Å². The van der Waals surface area contributed by atoms with Gasteiger partial charge in [-0.05, 0) is 24.6 Å². The standard InChI is InChI=1S/C19H24IN5O3S/c1-4-27-15-11-25(9-10-28-15)18-16-17(24(2)20-23-16)21-19(22-18)29-12-13-5-7-14(26-3)8-6-13/h5-8,15H,4,9-12H2,1-3H3. The van der Waals surface area contributed by atoms with E-state index in [1.807, 2.05) is 19.1 Å². The summed E-state index contributed by atoms with van der Waals surface area (Å²) in [5.74, 6) is 3.48. The second-order valence-corrected chi connectivity index (χ2v) is 9.78. The monoisotopic (exact) mass is 529 g/mol. The number of anilines is 2. The molecule has 2 aliphatic heterocycles. The van der Waals surface area contributed by atoms with Crippen LogP contribution in [0.25, 0.3) is 0 Å². The van der Waals surface area contributed by atoms with E-state index >= 15 is 0 Å². The first kappa shape index (κ1) is 20.8. The van der Waals surface area contributed by atoms with Crippen molar-refractivity contribution < 1.29 is 14.2 Å². The van der Waals surface area contributed by atoms with E-state index in [4.69, 9.17) is 27.3 Å². The van der Waals surface area contributed by atoms with Gasteiger partial charge in [0.15, 0.2) is 28.8 Å². The molecule has 2 aliphatic rings. The first-order valence-corrected chi connectivity index (χ1v) is 12.3. The minimum Gasteiger partial charge on any atom is -0.497 e. The number of benzene rings is 1. The molecular formula is C19H24IN5O3S. The van der Waals surface area contributed by atoms with Gasteiger partial charge in [0.2, 0.25) is 0 Å². The van der Waals surface area contributed by atoms with E-state index in [-0.39, 0.29) is 6.29 Å². The van der Waals surface area contributed by atoms with Crippen LogP contribution in [-0.4, -0.2) is 56.7 Å². The Morgan fingerprint density at radius 2 is 2.03 bits per heavy atom. The minimum absolute atomic E-state index is 0.233. The lowest BCUT2D eigenvalue weighted by Crippen LogP contribution is -2.44. The lowest BCUT2D eigenvalue weighted by Gasteiger charge is -2.33. The maximum Gasteiger partial charge on any atom is 0.191 e. The molecule has 0 saturated carbocycles. The van der Waals surface area contributed by atoms with Gasteiger partial charge in [-0.2, -0.15) is 3.15 Å². The molecule has 0 spiro atoms. The average Bonchev–Trinajstić information content (AvgIpc) is 3.13. The zero-order valence-corrected chi connectivity index (χ0v) is 19.6. The number of methoxy groups -OCH3 is 1. The Morgan fingerprint density at radius 1 is 1.24 bits per heavy atom. The van der Waals surface area contributed by atoms with E-state index in [9.17, 15) is 0 Å². The summed E-state index contributed by atoms with van der Waals surface area (Å²) in [6.07, 6.45) is -0.233. The van der Waals surface area contributed by atoms with Crippen molar-refractivity contribution in [1.29, 1.82) is 0 Å². The summed E-state index contributed by atoms with van der Waals surface area (Å²) in [7, 11) is 3.73. The molecule has 1 fully saturated rings. The van der Waals surface area contributed by atoms with Crippen molar-refractivity contribution in [3.8, 4) is 5.75 Å². The molecule has 2 aromatic rings. The summed E-state index contributed by atoms with van der Waals surface area (Å²) in [5.41, 5.74) is 2.11. The number of morpholine rings is 1. The van der Waals surface area contributed by atoms with E-state index < -0.39 is 21.3 Å². The number of halogens is 1. The molecule has 29 heavy (non-hydrogen) atoms. The summed E-state index contributed by atoms with van der Waals surface area (Å²) in [6.45, 7) is 4.64. The van der Waals surface area contributed by atoms with Crippen LogP contribution in [0.2, 0.25) is 0 Å². The van der Waals surface area contributed by atoms with Crippen LogP contribution in [0.15, 0.2) is 32.6 Å². The Hall–Kier alpha value is -1.50. The fraction of sp³-hybridized carbons (Fsp3) is 0.474. The van der Waals surface area contributed by atoms with Crippen molar-refractivity contribution in [2.45, 2.75) is 24.1 Å². The molecule has 0 amide bonds. The molecule has 0 N–H and O–H groups in total. The molecule has 0 radical (unpaired) electrons. The number of ether oxygens (including phenoxy) is 3. The average molecular weight is 529 g/mol. The highest BCUT2D eigenvalue weighted by Gasteiger charge is 2.29. The molecule has 1 saturated heterocycles. The van der Waals surface area contributed by atoms with Crippen LogP contribution in [0.5, 0.6) is 5.75 Å². The summed E-state index contributed by atoms with van der Waals surface area (Å²) >= 11 is 1.20. The normalized spacial score (nSPS) is 18.5. The zero-order valence-electron chi connectivity index (χ0n) is 16.7. The summed E-state index contributed by atoms with van der Waals surface area (Å²) in [6, 6.07) is 8.09. The molecule has 1 aromatic heterocycles. The molecule has 8 nitrogen and oxygen atoms in total. The highest BCUT2D eigenvalue weighted by atomic mass is 127. The highest BCUT2D eigenvalue weighted by molar-refractivity contribution is 14.2. The number of fused-ring (bicyclic) bond motifs is 1. The van der Waals surface area contributed by atoms with Gasteiger partial charge in [0.1, 0.15) is 27.1 Å². The number of nitrogens with zero attached hydrogens (tertiary/aromatic N) is 5. The molecule has 4 rings (SSSR count). The molecule has 1 aromatic carbocycles. The third-order valence-electron chi connectivity index (χ3n) is 4.57. The lowest BCUT2D eigenvalue weighted by atomic mass is 10.2. The van der Waals surface area contributed by atoms with Crippen LogP contribution in [-0.2, 0) is 15.2 Å². The van der Waals surface area contributed by atoms with Gasteiger partial charge in [0.05, 0.1) is 20.3 Å². The molecule has 156 valence electrons. The summed E-state index contributed by atoms with van der Waals surface area (Å²) < 4.78 is 23.5. The molecule has 0 aliphatic carbocycles. The van der Waals surface area contributed by atoms with Crippen LogP contribution in [0.3, 0.4) is 0 Å². The van der Waals surface area contributed by atoms with Crippen LogP contribution in [0.4, 0.5) is 17.3 Å². The SMILES string of the molecule is CCOC1CN(c2nc(SCc3ccc(OC)cc3)nc3c2N=IN3C)CCO1. The van der Waals surface area contributed by atoms with Crippen molar-refractivity contribution in [3.63, 3.8) is 0 Å². The Morgan fingerprint density at radius 3 is 2.79 bits per heavy atom. The van der Waals surface area contributed by atoms with Gasteiger partial charge < -0.3 is 19.1 Å². The maximum absolute atomic E-state index is 5.71. The fourth-order valence-corrected chi connectivity index (χ4v) is 5.39. The Kier molecular flexibility index (Phi) is 6.83. The predicted molar refractivity (Wildman–Crippen MR) is 123 cm³/mol. The molecule has 3 heterocycles. The largest absolute Gasteiger partial charge is 0.497 e. The summed E-state index contributed by atoms with van der Waals surface area (Å²) in [4.78, 5) is 11.9. The Bertz CT molecular complexity index is 881. The second kappa shape index (κ2) is 9.54. The van der Waals surface area contributed by atoms with Crippen molar-refractivity contribution in [1.82, 2.24) is 9.97 Å². The van der Waals surface area contributed by atoms with Crippen LogP contribution in [0, 0.1) is 0 Å². The number of thioether (sulfide) groups is 1. The summed E-state index contributed by atoms with van der Waals surface area (Å²) in [5, 5.41) is 0.766. The first-order valence-electron chi connectivity index (χ1n) is 9.43. The van der Waals surface area contributed by atoms with Crippen LogP contribution < -0.4 is 12.8 Å². The van der Waals surface area contributed by atoms with E-state index in [2.05, 4.69) is 27.2 Å². The topological polar surface area (TPSA) is 72.3 Å². The van der Waals surface area contributed by atoms with Crippen molar-refractivity contribution >= 4 is 50.4 Å². The van der Waals surface area contributed by atoms with Crippen molar-refractivity contribution in [2.24, 2.45) is 3.15 Å². The zero-order chi connectivity index (χ0) is 20.2. The van der Waals surface area contributed by atoms with Crippen molar-refractivity contribution in [2.75, 3.05) is 48.5 Å². The first-order chi connectivity index (χ1) is 14.2. The van der Waals surface area contributed by atoms with E-state index in [0.717, 1.165) is 40.5 Å². The van der Waals surface area contributed by atoms with Gasteiger partial charge in [-0.1, -0.05) is 23.9 Å². The quantitative estimate of drug-likeness (QED) is 0.230. The van der Waals surface area contributed by atoms with Gasteiger partial charge in [-0.15, -0.1) is 0 Å². The minimum atomic E-state index is -0.437. The molecule has 1 atom stereocenters. The lowest BCUT2D eigenvalue weighted by molar-refractivity contribution is -0.143. The van der Waals surface area contributed by atoms with Crippen LogP contribution in [0.1, 0.15) is 12.5 Å². The molecule has 1 unspecified atom stereocenters. The third kappa shape index (κ3) is 4.81. The van der Waals surface area contributed by atoms with Gasteiger partial charge in [-0.3, -0.25) is 3.11 Å². The fourth-order valence-electron chi connectivity index (χ4n) is 3.08. The van der Waals surface area contributed by atoms with Crippen molar-refractivity contribution in [3.05, 3.63) is 29.8 Å². The van der Waals surface area contributed by atoms with E-state index in [0.29, 0.717) is 19.8 Å². The van der Waals surface area contributed by atoms with Gasteiger partial charge >= 0.3 is 0 Å². The number of rotatable bonds is 7. The highest BCUT2D eigenvalue weighted by Crippen LogP contribution is 2.46. The predicted octanol–water partition coefficient (Wildman–Crippen LogP) is 4.13. The third-order valence-corrected chi connectivity index (χ3v) is 7.29. The van der Waals surface area contributed by atoms with Gasteiger partial charge in [0, 0.05) is 26.0 Å². The number of hydrogen-bond acceptors (Lipinski definition) is 9. The second-order valence-electron chi connectivity index (χ2n) is 6.48. The molecule has 0 bridgehead atoms. The van der Waals surface area contributed by atoms with E-state index in [1.54, 1.807) is 18.9 Å². The Balaban J connectivity index is 1.55. The molecular weight excluding hydrogens is 505 g/mol. The van der Waals surface area contributed by atoms with E-state index in [1.165, 1.54) is 5.56 Å². The van der Waals surface area contributed by atoms with Gasteiger partial charge in [0.25, 0.3) is 0 Å². The number of aromatic nitrogens is 2. The number of hydrogen-bond donors (Lipinski definition) is 0. The smallest absolute Gasteiger partial charge is 0.191 e. The van der Waals surface area contributed by atoms with Crippen LogP contribution >= 0.6 is 33.1 Å².